The van der Waals surface area contributed by atoms with Gasteiger partial charge in [-0.15, -0.1) is 0 Å². The lowest BCUT2D eigenvalue weighted by atomic mass is 9.93. The molecule has 1 aromatic heterocycles. The van der Waals surface area contributed by atoms with Gasteiger partial charge in [0.05, 0.1) is 18.2 Å². The van der Waals surface area contributed by atoms with Crippen molar-refractivity contribution in [3.05, 3.63) is 95.2 Å². The molecular formula is C28H28N2O4. The highest BCUT2D eigenvalue weighted by Crippen LogP contribution is 2.41. The van der Waals surface area contributed by atoms with E-state index in [2.05, 4.69) is 18.8 Å². The van der Waals surface area contributed by atoms with Gasteiger partial charge in [-0.2, -0.15) is 0 Å². The fraction of sp³-hybridized carbons (Fsp3) is 0.250. The van der Waals surface area contributed by atoms with Crippen LogP contribution in [0.5, 0.6) is 5.75 Å². The molecule has 0 radical (unpaired) electrons. The molecular weight excluding hydrogens is 428 g/mol. The maximum Gasteiger partial charge on any atom is 0.301 e. The summed E-state index contributed by atoms with van der Waals surface area (Å²) in [5, 5.41) is 11.2. The molecule has 0 saturated carbocycles. The number of ether oxygens (including phenoxy) is 1. The SMILES string of the molecule is CCCOc1ccc(/C(O)=C2\C(=O)C(=O)N(c3ccccn3)[C@H]2c2ccc(C(C)C)cc2)cc1. The summed E-state index contributed by atoms with van der Waals surface area (Å²) in [7, 11) is 0. The predicted molar refractivity (Wildman–Crippen MR) is 132 cm³/mol. The summed E-state index contributed by atoms with van der Waals surface area (Å²) in [6.07, 6.45) is 2.46. The second-order valence-corrected chi connectivity index (χ2v) is 8.55. The minimum atomic E-state index is -0.799. The van der Waals surface area contributed by atoms with Crippen molar-refractivity contribution in [3.8, 4) is 5.75 Å². The van der Waals surface area contributed by atoms with Crippen LogP contribution in [0, 0.1) is 0 Å². The number of amides is 1. The number of benzene rings is 2. The Morgan fingerprint density at radius 3 is 2.32 bits per heavy atom. The molecule has 1 aliphatic heterocycles. The van der Waals surface area contributed by atoms with Crippen LogP contribution in [0.1, 0.15) is 55.8 Å². The first kappa shape index (κ1) is 23.2. The van der Waals surface area contributed by atoms with Gasteiger partial charge >= 0.3 is 5.91 Å². The molecule has 0 bridgehead atoms. The number of rotatable bonds is 7. The Bertz CT molecular complexity index is 1200. The molecule has 2 aromatic carbocycles. The molecule has 0 aliphatic carbocycles. The van der Waals surface area contributed by atoms with Crippen LogP contribution in [0.4, 0.5) is 5.82 Å². The Labute approximate surface area is 199 Å². The van der Waals surface area contributed by atoms with Crippen molar-refractivity contribution in [2.24, 2.45) is 0 Å². The van der Waals surface area contributed by atoms with Gasteiger partial charge in [-0.25, -0.2) is 4.98 Å². The van der Waals surface area contributed by atoms with Gasteiger partial charge in [-0.3, -0.25) is 14.5 Å². The lowest BCUT2D eigenvalue weighted by Gasteiger charge is -2.24. The average Bonchev–Trinajstić information content (AvgIpc) is 3.13. The van der Waals surface area contributed by atoms with E-state index in [1.807, 2.05) is 31.2 Å². The van der Waals surface area contributed by atoms with E-state index in [0.29, 0.717) is 29.7 Å². The molecule has 1 N–H and O–H groups in total. The van der Waals surface area contributed by atoms with E-state index in [-0.39, 0.29) is 11.3 Å². The minimum Gasteiger partial charge on any atom is -0.507 e. The molecule has 1 amide bonds. The van der Waals surface area contributed by atoms with Gasteiger partial charge in [0.2, 0.25) is 0 Å². The van der Waals surface area contributed by atoms with E-state index in [4.69, 9.17) is 4.74 Å². The lowest BCUT2D eigenvalue weighted by Crippen LogP contribution is -2.30. The third-order valence-electron chi connectivity index (χ3n) is 5.86. The van der Waals surface area contributed by atoms with Gasteiger partial charge in [-0.05, 0) is 59.9 Å². The van der Waals surface area contributed by atoms with Crippen molar-refractivity contribution in [2.45, 2.75) is 39.2 Å². The molecule has 0 spiro atoms. The third kappa shape index (κ3) is 4.44. The monoisotopic (exact) mass is 456 g/mol. The molecule has 34 heavy (non-hydrogen) atoms. The summed E-state index contributed by atoms with van der Waals surface area (Å²) in [5.41, 5.74) is 2.33. The Kier molecular flexibility index (Phi) is 6.77. The zero-order chi connectivity index (χ0) is 24.2. The first-order valence-electron chi connectivity index (χ1n) is 11.5. The summed E-state index contributed by atoms with van der Waals surface area (Å²) in [6.45, 7) is 6.81. The summed E-state index contributed by atoms with van der Waals surface area (Å²) >= 11 is 0. The lowest BCUT2D eigenvalue weighted by molar-refractivity contribution is -0.132. The number of aliphatic hydroxyl groups excluding tert-OH is 1. The molecule has 1 aliphatic rings. The Balaban J connectivity index is 1.83. The fourth-order valence-corrected chi connectivity index (χ4v) is 4.03. The Hall–Kier alpha value is -3.93. The summed E-state index contributed by atoms with van der Waals surface area (Å²) in [4.78, 5) is 32.0. The maximum atomic E-state index is 13.2. The average molecular weight is 457 g/mol. The minimum absolute atomic E-state index is 0.0372. The van der Waals surface area contributed by atoms with E-state index < -0.39 is 17.7 Å². The van der Waals surface area contributed by atoms with Gasteiger partial charge in [0.25, 0.3) is 5.78 Å². The van der Waals surface area contributed by atoms with Crippen LogP contribution < -0.4 is 9.64 Å². The van der Waals surface area contributed by atoms with E-state index in [0.717, 1.165) is 17.5 Å². The fourth-order valence-electron chi connectivity index (χ4n) is 4.03. The van der Waals surface area contributed by atoms with Crippen molar-refractivity contribution >= 4 is 23.3 Å². The molecule has 1 atom stereocenters. The number of carbonyl (C=O) groups is 2. The van der Waals surface area contributed by atoms with Crippen LogP contribution in [-0.4, -0.2) is 28.4 Å². The van der Waals surface area contributed by atoms with Crippen LogP contribution in [0.25, 0.3) is 5.76 Å². The van der Waals surface area contributed by atoms with Gasteiger partial charge in [0.1, 0.15) is 17.3 Å². The number of hydrogen-bond acceptors (Lipinski definition) is 5. The molecule has 3 aromatic rings. The summed E-state index contributed by atoms with van der Waals surface area (Å²) < 4.78 is 5.61. The van der Waals surface area contributed by atoms with E-state index in [1.165, 1.54) is 4.90 Å². The Morgan fingerprint density at radius 1 is 1.03 bits per heavy atom. The molecule has 1 fully saturated rings. The van der Waals surface area contributed by atoms with Crippen molar-refractivity contribution in [1.82, 2.24) is 4.98 Å². The smallest absolute Gasteiger partial charge is 0.301 e. The zero-order valence-electron chi connectivity index (χ0n) is 19.6. The molecule has 2 heterocycles. The highest BCUT2D eigenvalue weighted by Gasteiger charge is 2.47. The van der Waals surface area contributed by atoms with E-state index in [1.54, 1.807) is 48.7 Å². The second-order valence-electron chi connectivity index (χ2n) is 8.55. The molecule has 4 rings (SSSR count). The molecule has 6 heteroatoms. The molecule has 6 nitrogen and oxygen atoms in total. The Morgan fingerprint density at radius 2 is 1.74 bits per heavy atom. The standard InChI is InChI=1S/C28H28N2O4/c1-4-17-34-22-14-12-21(13-15-22)26(31)24-25(20-10-8-19(9-11-20)18(2)3)30(28(33)27(24)32)23-7-5-6-16-29-23/h5-16,18,25,31H,4,17H2,1-3H3/b26-24+/t25-/m0/s1. The summed E-state index contributed by atoms with van der Waals surface area (Å²) in [5.74, 6) is -0.326. The topological polar surface area (TPSA) is 79.7 Å². The van der Waals surface area contributed by atoms with Crippen molar-refractivity contribution in [3.63, 3.8) is 0 Å². The second kappa shape index (κ2) is 9.91. The number of hydrogen-bond donors (Lipinski definition) is 1. The molecule has 1 saturated heterocycles. The van der Waals surface area contributed by atoms with E-state index >= 15 is 0 Å². The first-order valence-corrected chi connectivity index (χ1v) is 11.5. The quantitative estimate of drug-likeness (QED) is 0.284. The number of carbonyl (C=O) groups excluding carboxylic acids is 2. The largest absolute Gasteiger partial charge is 0.507 e. The van der Waals surface area contributed by atoms with Crippen LogP contribution in [-0.2, 0) is 9.59 Å². The number of nitrogens with zero attached hydrogens (tertiary/aromatic N) is 2. The predicted octanol–water partition coefficient (Wildman–Crippen LogP) is 5.62. The summed E-state index contributed by atoms with van der Waals surface area (Å²) in [6, 6.07) is 19.0. The maximum absolute atomic E-state index is 13.2. The van der Waals surface area contributed by atoms with Crippen molar-refractivity contribution in [2.75, 3.05) is 11.5 Å². The molecule has 174 valence electrons. The third-order valence-corrected chi connectivity index (χ3v) is 5.86. The normalized spacial score (nSPS) is 17.4. The number of aromatic nitrogens is 1. The first-order chi connectivity index (χ1) is 16.4. The van der Waals surface area contributed by atoms with Crippen LogP contribution in [0.2, 0.25) is 0 Å². The van der Waals surface area contributed by atoms with E-state index in [9.17, 15) is 14.7 Å². The van der Waals surface area contributed by atoms with Gasteiger partial charge in [-0.1, -0.05) is 51.1 Å². The number of pyridine rings is 1. The number of aliphatic hydroxyl groups is 1. The van der Waals surface area contributed by atoms with Crippen LogP contribution >= 0.6 is 0 Å². The number of anilines is 1. The highest BCUT2D eigenvalue weighted by molar-refractivity contribution is 6.51. The van der Waals surface area contributed by atoms with Crippen LogP contribution in [0.3, 0.4) is 0 Å². The van der Waals surface area contributed by atoms with Crippen LogP contribution in [0.15, 0.2) is 78.5 Å². The van der Waals surface area contributed by atoms with Crippen molar-refractivity contribution in [1.29, 1.82) is 0 Å². The highest BCUT2D eigenvalue weighted by atomic mass is 16.5. The van der Waals surface area contributed by atoms with Gasteiger partial charge in [0, 0.05) is 11.8 Å². The van der Waals surface area contributed by atoms with Gasteiger partial charge in [0.15, 0.2) is 0 Å². The van der Waals surface area contributed by atoms with Gasteiger partial charge < -0.3 is 9.84 Å². The molecule has 0 unspecified atom stereocenters. The zero-order valence-corrected chi connectivity index (χ0v) is 19.6. The van der Waals surface area contributed by atoms with Crippen molar-refractivity contribution < 1.29 is 19.4 Å². The number of ketones is 1. The number of Topliss-reactive ketones (excluding diaryl/α,β-unsaturated/α-hetero) is 1.